The van der Waals surface area contributed by atoms with Gasteiger partial charge in [-0.25, -0.2) is 0 Å². The normalized spacial score (nSPS) is 26.8. The molecule has 1 aliphatic rings. The van der Waals surface area contributed by atoms with Gasteiger partial charge in [0.2, 0.25) is 5.91 Å². The van der Waals surface area contributed by atoms with Crippen molar-refractivity contribution in [1.82, 2.24) is 5.32 Å². The summed E-state index contributed by atoms with van der Waals surface area (Å²) in [5.74, 6) is 0.191. The third kappa shape index (κ3) is 4.04. The highest BCUT2D eigenvalue weighted by Gasteiger charge is 2.27. The van der Waals surface area contributed by atoms with Gasteiger partial charge in [0.25, 0.3) is 0 Å². The van der Waals surface area contributed by atoms with E-state index in [9.17, 15) is 4.79 Å². The van der Waals surface area contributed by atoms with Crippen LogP contribution in [-0.4, -0.2) is 18.5 Å². The van der Waals surface area contributed by atoms with Gasteiger partial charge < -0.3 is 11.1 Å². The van der Waals surface area contributed by atoms with Crippen LogP contribution in [0.1, 0.15) is 39.0 Å². The lowest BCUT2D eigenvalue weighted by Crippen LogP contribution is -2.43. The van der Waals surface area contributed by atoms with Crippen molar-refractivity contribution in [2.45, 2.75) is 45.1 Å². The first-order valence-corrected chi connectivity index (χ1v) is 5.90. The molecule has 0 heterocycles. The molecule has 0 aromatic heterocycles. The van der Waals surface area contributed by atoms with Crippen LogP contribution in [0.4, 0.5) is 0 Å². The van der Waals surface area contributed by atoms with Gasteiger partial charge in [-0.2, -0.15) is 0 Å². The van der Waals surface area contributed by atoms with Gasteiger partial charge in [-0.15, -0.1) is 0 Å². The number of allylic oxidation sites excluding steroid dienone is 1. The quantitative estimate of drug-likeness (QED) is 0.547. The summed E-state index contributed by atoms with van der Waals surface area (Å²) in [5.41, 5.74) is 5.94. The molecule has 3 N–H and O–H groups in total. The zero-order valence-corrected chi connectivity index (χ0v) is 9.54. The van der Waals surface area contributed by atoms with Crippen LogP contribution in [0.25, 0.3) is 0 Å². The molecule has 1 rings (SSSR count). The Kier molecular flexibility index (Phi) is 5.40. The molecule has 15 heavy (non-hydrogen) atoms. The second-order valence-electron chi connectivity index (χ2n) is 4.20. The molecule has 0 aliphatic heterocycles. The van der Waals surface area contributed by atoms with Crippen LogP contribution in [0.5, 0.6) is 0 Å². The number of carbonyl (C=O) groups excluding carboxylic acids is 1. The molecule has 1 saturated carbocycles. The summed E-state index contributed by atoms with van der Waals surface area (Å²) in [6.07, 6.45) is 9.22. The first-order chi connectivity index (χ1) is 7.25. The summed E-state index contributed by atoms with van der Waals surface area (Å²) >= 11 is 0. The molecule has 2 unspecified atom stereocenters. The summed E-state index contributed by atoms with van der Waals surface area (Å²) < 4.78 is 0. The average Bonchev–Trinajstić information content (AvgIpc) is 2.25. The lowest BCUT2D eigenvalue weighted by atomic mass is 9.84. The topological polar surface area (TPSA) is 55.1 Å². The average molecular weight is 210 g/mol. The van der Waals surface area contributed by atoms with E-state index in [0.717, 1.165) is 32.2 Å². The largest absolute Gasteiger partial charge is 0.356 e. The van der Waals surface area contributed by atoms with E-state index in [2.05, 4.69) is 11.4 Å². The fourth-order valence-corrected chi connectivity index (χ4v) is 2.06. The number of hydrogen-bond donors (Lipinski definition) is 2. The predicted molar refractivity (Wildman–Crippen MR) is 62.4 cm³/mol. The minimum Gasteiger partial charge on any atom is -0.356 e. The van der Waals surface area contributed by atoms with E-state index in [1.165, 1.54) is 6.42 Å². The van der Waals surface area contributed by atoms with Crippen molar-refractivity contribution in [3.05, 3.63) is 12.2 Å². The summed E-state index contributed by atoms with van der Waals surface area (Å²) in [4.78, 5) is 11.8. The van der Waals surface area contributed by atoms with Crippen LogP contribution in [0.3, 0.4) is 0 Å². The molecule has 0 spiro atoms. The number of rotatable bonds is 4. The SMILES string of the molecule is C/C=C/CCNC(=O)C1CCCCC1N. The van der Waals surface area contributed by atoms with Gasteiger partial charge in [-0.05, 0) is 26.2 Å². The number of hydrogen-bond acceptors (Lipinski definition) is 2. The van der Waals surface area contributed by atoms with Crippen molar-refractivity contribution < 1.29 is 4.79 Å². The van der Waals surface area contributed by atoms with Crippen LogP contribution in [0.15, 0.2) is 12.2 Å². The van der Waals surface area contributed by atoms with Crippen molar-refractivity contribution in [2.75, 3.05) is 6.54 Å². The first kappa shape index (κ1) is 12.2. The van der Waals surface area contributed by atoms with Crippen molar-refractivity contribution in [3.8, 4) is 0 Å². The zero-order valence-electron chi connectivity index (χ0n) is 9.54. The van der Waals surface area contributed by atoms with Gasteiger partial charge in [0, 0.05) is 12.6 Å². The van der Waals surface area contributed by atoms with Crippen LogP contribution in [0, 0.1) is 5.92 Å². The molecule has 1 fully saturated rings. The first-order valence-electron chi connectivity index (χ1n) is 5.90. The highest BCUT2D eigenvalue weighted by atomic mass is 16.1. The zero-order chi connectivity index (χ0) is 11.1. The van der Waals surface area contributed by atoms with E-state index >= 15 is 0 Å². The number of amides is 1. The van der Waals surface area contributed by atoms with Gasteiger partial charge in [0.1, 0.15) is 0 Å². The van der Waals surface area contributed by atoms with Gasteiger partial charge in [0.05, 0.1) is 5.92 Å². The fourth-order valence-electron chi connectivity index (χ4n) is 2.06. The Bertz CT molecular complexity index is 226. The maximum atomic E-state index is 11.8. The minimum atomic E-state index is 0.0457. The lowest BCUT2D eigenvalue weighted by molar-refractivity contribution is -0.126. The Morgan fingerprint density at radius 1 is 1.47 bits per heavy atom. The van der Waals surface area contributed by atoms with E-state index in [1.54, 1.807) is 0 Å². The molecule has 0 aromatic rings. The molecule has 1 aliphatic carbocycles. The maximum absolute atomic E-state index is 11.8. The van der Waals surface area contributed by atoms with Gasteiger partial charge >= 0.3 is 0 Å². The summed E-state index contributed by atoms with van der Waals surface area (Å²) in [5, 5.41) is 2.95. The van der Waals surface area contributed by atoms with Crippen LogP contribution in [0.2, 0.25) is 0 Å². The van der Waals surface area contributed by atoms with E-state index < -0.39 is 0 Å². The van der Waals surface area contributed by atoms with Crippen molar-refractivity contribution in [1.29, 1.82) is 0 Å². The summed E-state index contributed by atoms with van der Waals surface area (Å²) in [6, 6.07) is 0.0699. The number of nitrogens with one attached hydrogen (secondary N) is 1. The third-order valence-corrected chi connectivity index (χ3v) is 3.00. The Hall–Kier alpha value is -0.830. The molecule has 0 bridgehead atoms. The molecule has 2 atom stereocenters. The minimum absolute atomic E-state index is 0.0457. The van der Waals surface area contributed by atoms with Crippen molar-refractivity contribution in [3.63, 3.8) is 0 Å². The molecular formula is C12H22N2O. The highest BCUT2D eigenvalue weighted by Crippen LogP contribution is 2.22. The Labute approximate surface area is 92.1 Å². The predicted octanol–water partition coefficient (Wildman–Crippen LogP) is 1.59. The van der Waals surface area contributed by atoms with E-state index in [1.807, 2.05) is 13.0 Å². The molecular weight excluding hydrogens is 188 g/mol. The highest BCUT2D eigenvalue weighted by molar-refractivity contribution is 5.79. The third-order valence-electron chi connectivity index (χ3n) is 3.00. The van der Waals surface area contributed by atoms with E-state index in [4.69, 9.17) is 5.73 Å². The Balaban J connectivity index is 2.25. The van der Waals surface area contributed by atoms with Crippen molar-refractivity contribution in [2.24, 2.45) is 11.7 Å². The number of carbonyl (C=O) groups is 1. The standard InChI is InChI=1S/C12H22N2O/c1-2-3-6-9-14-12(15)10-7-4-5-8-11(10)13/h2-3,10-11H,4-9,13H2,1H3,(H,14,15)/b3-2+. The lowest BCUT2D eigenvalue weighted by Gasteiger charge is -2.27. The van der Waals surface area contributed by atoms with Crippen LogP contribution >= 0.6 is 0 Å². The molecule has 0 radical (unpaired) electrons. The molecule has 1 amide bonds. The maximum Gasteiger partial charge on any atom is 0.224 e. The molecule has 3 heteroatoms. The van der Waals surface area contributed by atoms with E-state index in [-0.39, 0.29) is 17.9 Å². The molecule has 3 nitrogen and oxygen atoms in total. The molecule has 0 saturated heterocycles. The van der Waals surface area contributed by atoms with Crippen molar-refractivity contribution >= 4 is 5.91 Å². The second-order valence-corrected chi connectivity index (χ2v) is 4.20. The fraction of sp³-hybridized carbons (Fsp3) is 0.750. The van der Waals surface area contributed by atoms with Crippen LogP contribution < -0.4 is 11.1 Å². The van der Waals surface area contributed by atoms with Gasteiger partial charge in [0.15, 0.2) is 0 Å². The molecule has 0 aromatic carbocycles. The monoisotopic (exact) mass is 210 g/mol. The Morgan fingerprint density at radius 2 is 2.20 bits per heavy atom. The van der Waals surface area contributed by atoms with E-state index in [0.29, 0.717) is 0 Å². The molecule has 86 valence electrons. The summed E-state index contributed by atoms with van der Waals surface area (Å²) in [7, 11) is 0. The number of nitrogens with two attached hydrogens (primary N) is 1. The Morgan fingerprint density at radius 3 is 2.87 bits per heavy atom. The van der Waals surface area contributed by atoms with Gasteiger partial charge in [-0.1, -0.05) is 25.0 Å². The second kappa shape index (κ2) is 6.62. The van der Waals surface area contributed by atoms with Gasteiger partial charge in [-0.3, -0.25) is 4.79 Å². The smallest absolute Gasteiger partial charge is 0.224 e. The van der Waals surface area contributed by atoms with Crippen LogP contribution in [-0.2, 0) is 4.79 Å². The summed E-state index contributed by atoms with van der Waals surface area (Å²) in [6.45, 7) is 2.71.